The summed E-state index contributed by atoms with van der Waals surface area (Å²) >= 11 is 0. The normalized spacial score (nSPS) is 11.1. The van der Waals surface area contributed by atoms with Gasteiger partial charge in [0.2, 0.25) is 5.91 Å². The molecule has 5 nitrogen and oxygen atoms in total. The Bertz CT molecular complexity index is 824. The van der Waals surface area contributed by atoms with E-state index in [1.54, 1.807) is 6.20 Å². The number of carbonyl (C=O) groups is 1. The van der Waals surface area contributed by atoms with Gasteiger partial charge in [-0.3, -0.25) is 14.5 Å². The minimum atomic E-state index is 0.0286. The first kappa shape index (κ1) is 16.2. The van der Waals surface area contributed by atoms with Crippen LogP contribution in [0.5, 0.6) is 0 Å². The van der Waals surface area contributed by atoms with Crippen molar-refractivity contribution >= 4 is 22.5 Å². The fraction of sp³-hybridized carbons (Fsp3) is 0.316. The highest BCUT2D eigenvalue weighted by atomic mass is 16.1. The first-order valence-corrected chi connectivity index (χ1v) is 8.30. The van der Waals surface area contributed by atoms with Crippen LogP contribution >= 0.6 is 0 Å². The molecule has 0 saturated heterocycles. The van der Waals surface area contributed by atoms with Crippen LogP contribution in [0.25, 0.3) is 10.9 Å². The minimum Gasteiger partial charge on any atom is -0.326 e. The molecule has 0 fully saturated rings. The zero-order chi connectivity index (χ0) is 16.9. The third-order valence-electron chi connectivity index (χ3n) is 3.93. The summed E-state index contributed by atoms with van der Waals surface area (Å²) in [5.41, 5.74) is 2.87. The maximum Gasteiger partial charge on any atom is 0.224 e. The number of carbonyl (C=O) groups excluding carboxylic acids is 1. The number of benzene rings is 1. The van der Waals surface area contributed by atoms with Crippen LogP contribution in [0.1, 0.15) is 38.4 Å². The van der Waals surface area contributed by atoms with Gasteiger partial charge >= 0.3 is 0 Å². The zero-order valence-electron chi connectivity index (χ0n) is 14.1. The highest BCUT2D eigenvalue weighted by Crippen LogP contribution is 2.22. The maximum absolute atomic E-state index is 12.1. The van der Waals surface area contributed by atoms with Crippen molar-refractivity contribution in [3.63, 3.8) is 0 Å². The van der Waals surface area contributed by atoms with E-state index in [0.717, 1.165) is 35.1 Å². The van der Waals surface area contributed by atoms with E-state index in [1.807, 2.05) is 47.3 Å². The zero-order valence-corrected chi connectivity index (χ0v) is 14.1. The van der Waals surface area contributed by atoms with Crippen molar-refractivity contribution in [1.29, 1.82) is 0 Å². The fourth-order valence-electron chi connectivity index (χ4n) is 2.73. The number of nitrogens with zero attached hydrogens (tertiary/aromatic N) is 3. The summed E-state index contributed by atoms with van der Waals surface area (Å²) in [7, 11) is 0. The average molecular weight is 322 g/mol. The van der Waals surface area contributed by atoms with E-state index >= 15 is 0 Å². The van der Waals surface area contributed by atoms with Crippen molar-refractivity contribution in [2.75, 3.05) is 5.32 Å². The molecule has 0 atom stereocenters. The third-order valence-corrected chi connectivity index (χ3v) is 3.93. The van der Waals surface area contributed by atoms with Crippen LogP contribution in [0, 0.1) is 0 Å². The maximum atomic E-state index is 12.1. The molecule has 0 unspecified atom stereocenters. The number of hydrogen-bond donors (Lipinski definition) is 1. The van der Waals surface area contributed by atoms with Crippen LogP contribution in [-0.4, -0.2) is 20.7 Å². The van der Waals surface area contributed by atoms with E-state index in [0.29, 0.717) is 6.42 Å². The van der Waals surface area contributed by atoms with Crippen LogP contribution in [0.4, 0.5) is 5.69 Å². The molecule has 0 aliphatic rings. The van der Waals surface area contributed by atoms with Gasteiger partial charge in [0.05, 0.1) is 11.7 Å². The smallest absolute Gasteiger partial charge is 0.224 e. The van der Waals surface area contributed by atoms with E-state index in [9.17, 15) is 4.79 Å². The number of hydrogen-bond acceptors (Lipinski definition) is 3. The molecule has 0 bridgehead atoms. The number of rotatable bonds is 6. The second-order valence-electron chi connectivity index (χ2n) is 6.18. The summed E-state index contributed by atoms with van der Waals surface area (Å²) in [5.74, 6) is 0.0286. The van der Waals surface area contributed by atoms with Crippen LogP contribution in [0.15, 0.2) is 48.8 Å². The highest BCUT2D eigenvalue weighted by Gasteiger charge is 2.08. The largest absolute Gasteiger partial charge is 0.326 e. The van der Waals surface area contributed by atoms with Crippen molar-refractivity contribution in [3.05, 3.63) is 54.5 Å². The van der Waals surface area contributed by atoms with Crippen LogP contribution < -0.4 is 5.32 Å². The standard InChI is InChI=1S/C19H22N4O/c1-14(2)23-18-12-17(10-9-15(18)13-21-23)22-19(24)8-5-7-16-6-3-4-11-20-16/h3-4,6,9-14H,5,7-8H2,1-2H3,(H,22,24). The average Bonchev–Trinajstić information content (AvgIpc) is 2.99. The van der Waals surface area contributed by atoms with Gasteiger partial charge in [0.25, 0.3) is 0 Å². The van der Waals surface area contributed by atoms with Gasteiger partial charge in [0.1, 0.15) is 0 Å². The van der Waals surface area contributed by atoms with Gasteiger partial charge in [-0.15, -0.1) is 0 Å². The molecule has 0 saturated carbocycles. The molecule has 3 aromatic rings. The van der Waals surface area contributed by atoms with Gasteiger partial charge in [-0.2, -0.15) is 5.10 Å². The van der Waals surface area contributed by atoms with Crippen molar-refractivity contribution in [3.8, 4) is 0 Å². The molecular weight excluding hydrogens is 300 g/mol. The predicted octanol–water partition coefficient (Wildman–Crippen LogP) is 3.97. The van der Waals surface area contributed by atoms with Gasteiger partial charge in [-0.05, 0) is 57.0 Å². The summed E-state index contributed by atoms with van der Waals surface area (Å²) in [6.45, 7) is 4.19. The third kappa shape index (κ3) is 3.79. The van der Waals surface area contributed by atoms with Gasteiger partial charge < -0.3 is 5.32 Å². The van der Waals surface area contributed by atoms with Gasteiger partial charge in [0.15, 0.2) is 0 Å². The number of aromatic nitrogens is 3. The molecule has 0 aliphatic heterocycles. The first-order valence-electron chi connectivity index (χ1n) is 8.30. The topological polar surface area (TPSA) is 59.8 Å². The molecule has 1 N–H and O–H groups in total. The Morgan fingerprint density at radius 3 is 2.88 bits per heavy atom. The highest BCUT2D eigenvalue weighted by molar-refractivity contribution is 5.93. The van der Waals surface area contributed by atoms with Gasteiger partial charge in [-0.25, -0.2) is 0 Å². The lowest BCUT2D eigenvalue weighted by molar-refractivity contribution is -0.116. The Labute approximate surface area is 141 Å². The molecule has 24 heavy (non-hydrogen) atoms. The van der Waals surface area contributed by atoms with Crippen LogP contribution in [0.3, 0.4) is 0 Å². The molecule has 0 spiro atoms. The minimum absolute atomic E-state index is 0.0286. The van der Waals surface area contributed by atoms with E-state index in [4.69, 9.17) is 0 Å². The number of nitrogens with one attached hydrogen (secondary N) is 1. The SMILES string of the molecule is CC(C)n1ncc2ccc(NC(=O)CCCc3ccccn3)cc21. The Morgan fingerprint density at radius 2 is 2.12 bits per heavy atom. The van der Waals surface area contributed by atoms with Crippen LogP contribution in [-0.2, 0) is 11.2 Å². The predicted molar refractivity (Wildman–Crippen MR) is 95.9 cm³/mol. The second-order valence-corrected chi connectivity index (χ2v) is 6.18. The molecule has 124 valence electrons. The molecule has 2 heterocycles. The van der Waals surface area contributed by atoms with Crippen molar-refractivity contribution in [2.45, 2.75) is 39.2 Å². The first-order chi connectivity index (χ1) is 11.6. The number of aryl methyl sites for hydroxylation is 1. The summed E-state index contributed by atoms with van der Waals surface area (Å²) < 4.78 is 1.96. The molecule has 5 heteroatoms. The van der Waals surface area contributed by atoms with Gasteiger partial charge in [0, 0.05) is 35.4 Å². The Balaban J connectivity index is 1.59. The lowest BCUT2D eigenvalue weighted by Gasteiger charge is -2.09. The lowest BCUT2D eigenvalue weighted by Crippen LogP contribution is -2.11. The van der Waals surface area contributed by atoms with Gasteiger partial charge in [-0.1, -0.05) is 6.07 Å². The fourth-order valence-corrected chi connectivity index (χ4v) is 2.73. The summed E-state index contributed by atoms with van der Waals surface area (Å²) in [4.78, 5) is 16.4. The van der Waals surface area contributed by atoms with E-state index < -0.39 is 0 Å². The Morgan fingerprint density at radius 1 is 1.25 bits per heavy atom. The summed E-state index contributed by atoms with van der Waals surface area (Å²) in [5, 5.41) is 8.45. The monoisotopic (exact) mass is 322 g/mol. The number of amides is 1. The number of pyridine rings is 1. The second kappa shape index (κ2) is 7.25. The Hall–Kier alpha value is -2.69. The number of fused-ring (bicyclic) bond motifs is 1. The molecule has 0 radical (unpaired) electrons. The summed E-state index contributed by atoms with van der Waals surface area (Å²) in [6, 6.07) is 12.0. The lowest BCUT2D eigenvalue weighted by atomic mass is 10.1. The van der Waals surface area contributed by atoms with Crippen molar-refractivity contribution in [1.82, 2.24) is 14.8 Å². The van der Waals surface area contributed by atoms with E-state index in [-0.39, 0.29) is 11.9 Å². The molecule has 0 aliphatic carbocycles. The quantitative estimate of drug-likeness (QED) is 0.747. The van der Waals surface area contributed by atoms with Crippen molar-refractivity contribution < 1.29 is 4.79 Å². The van der Waals surface area contributed by atoms with E-state index in [1.165, 1.54) is 0 Å². The number of anilines is 1. The molecular formula is C19H22N4O. The Kier molecular flexibility index (Phi) is 4.89. The van der Waals surface area contributed by atoms with E-state index in [2.05, 4.69) is 29.2 Å². The van der Waals surface area contributed by atoms with Crippen LogP contribution in [0.2, 0.25) is 0 Å². The summed E-state index contributed by atoms with van der Waals surface area (Å²) in [6.07, 6.45) is 5.72. The molecule has 1 amide bonds. The van der Waals surface area contributed by atoms with Crippen molar-refractivity contribution in [2.24, 2.45) is 0 Å². The molecule has 3 rings (SSSR count). The molecule has 1 aromatic carbocycles. The molecule has 2 aromatic heterocycles.